The van der Waals surface area contributed by atoms with Crippen molar-refractivity contribution in [3.63, 3.8) is 0 Å². The minimum Gasteiger partial charge on any atom is -0.506 e. The standard InChI is InChI=1S/C11H12N2O/c14-9-6-2-5-8-10(7-3-1-4-7)12-13-11(8)9/h2,5-7,14H,1,3-4H2,(H,12,13). The number of aromatic nitrogens is 2. The van der Waals surface area contributed by atoms with E-state index in [4.69, 9.17) is 0 Å². The predicted molar refractivity (Wildman–Crippen MR) is 54.4 cm³/mol. The highest BCUT2D eigenvalue weighted by Crippen LogP contribution is 2.39. The van der Waals surface area contributed by atoms with Crippen molar-refractivity contribution >= 4 is 10.9 Å². The van der Waals surface area contributed by atoms with Crippen molar-refractivity contribution in [2.24, 2.45) is 0 Å². The van der Waals surface area contributed by atoms with E-state index in [9.17, 15) is 5.11 Å². The molecule has 0 amide bonds. The molecule has 3 heteroatoms. The van der Waals surface area contributed by atoms with E-state index in [0.29, 0.717) is 11.4 Å². The van der Waals surface area contributed by atoms with Gasteiger partial charge in [0.25, 0.3) is 0 Å². The second kappa shape index (κ2) is 2.74. The van der Waals surface area contributed by atoms with E-state index in [1.54, 1.807) is 6.07 Å². The Morgan fingerprint density at radius 3 is 2.93 bits per heavy atom. The summed E-state index contributed by atoms with van der Waals surface area (Å²) in [6.45, 7) is 0. The van der Waals surface area contributed by atoms with Crippen molar-refractivity contribution in [1.29, 1.82) is 0 Å². The first kappa shape index (κ1) is 7.85. The summed E-state index contributed by atoms with van der Waals surface area (Å²) in [6.07, 6.45) is 3.80. The van der Waals surface area contributed by atoms with Crippen LogP contribution >= 0.6 is 0 Å². The summed E-state index contributed by atoms with van der Waals surface area (Å²) in [5.41, 5.74) is 1.90. The molecule has 72 valence electrons. The quantitative estimate of drug-likeness (QED) is 0.722. The molecule has 2 aromatic rings. The molecular weight excluding hydrogens is 176 g/mol. The van der Waals surface area contributed by atoms with Gasteiger partial charge in [-0.25, -0.2) is 0 Å². The van der Waals surface area contributed by atoms with Crippen LogP contribution in [0.15, 0.2) is 18.2 Å². The smallest absolute Gasteiger partial charge is 0.143 e. The van der Waals surface area contributed by atoms with E-state index in [1.165, 1.54) is 25.0 Å². The van der Waals surface area contributed by atoms with Crippen LogP contribution in [0.4, 0.5) is 0 Å². The Labute approximate surface area is 81.8 Å². The van der Waals surface area contributed by atoms with Gasteiger partial charge in [-0.05, 0) is 18.9 Å². The van der Waals surface area contributed by atoms with Crippen LogP contribution in [0.3, 0.4) is 0 Å². The molecule has 14 heavy (non-hydrogen) atoms. The molecule has 3 rings (SSSR count). The molecule has 1 aromatic carbocycles. The monoisotopic (exact) mass is 188 g/mol. The normalized spacial score (nSPS) is 17.1. The molecule has 0 unspecified atom stereocenters. The highest BCUT2D eigenvalue weighted by Gasteiger charge is 2.23. The Morgan fingerprint density at radius 2 is 2.21 bits per heavy atom. The van der Waals surface area contributed by atoms with Gasteiger partial charge in [-0.2, -0.15) is 5.10 Å². The second-order valence-corrected chi connectivity index (χ2v) is 3.94. The molecule has 0 atom stereocenters. The van der Waals surface area contributed by atoms with Crippen LogP contribution in [-0.2, 0) is 0 Å². The number of aromatic amines is 1. The van der Waals surface area contributed by atoms with Crippen LogP contribution < -0.4 is 0 Å². The van der Waals surface area contributed by atoms with E-state index < -0.39 is 0 Å². The summed E-state index contributed by atoms with van der Waals surface area (Å²) in [5, 5.41) is 17.8. The van der Waals surface area contributed by atoms with Crippen molar-refractivity contribution in [1.82, 2.24) is 10.2 Å². The lowest BCUT2D eigenvalue weighted by Crippen LogP contribution is -2.09. The first-order valence-corrected chi connectivity index (χ1v) is 5.02. The largest absolute Gasteiger partial charge is 0.506 e. The van der Waals surface area contributed by atoms with Gasteiger partial charge in [0.15, 0.2) is 0 Å². The molecule has 2 N–H and O–H groups in total. The van der Waals surface area contributed by atoms with Crippen LogP contribution in [0.5, 0.6) is 5.75 Å². The number of phenolic OH excluding ortho intramolecular Hbond substituents is 1. The number of hydrogen-bond donors (Lipinski definition) is 2. The first-order valence-electron chi connectivity index (χ1n) is 5.02. The maximum atomic E-state index is 9.57. The third-order valence-electron chi connectivity index (χ3n) is 3.11. The van der Waals surface area contributed by atoms with Crippen LogP contribution in [0, 0.1) is 0 Å². The second-order valence-electron chi connectivity index (χ2n) is 3.94. The predicted octanol–water partition coefficient (Wildman–Crippen LogP) is 2.54. The highest BCUT2D eigenvalue weighted by molar-refractivity contribution is 5.86. The number of hydrogen-bond acceptors (Lipinski definition) is 2. The number of nitrogens with zero attached hydrogens (tertiary/aromatic N) is 1. The number of benzene rings is 1. The van der Waals surface area contributed by atoms with Gasteiger partial charge in [0.05, 0.1) is 0 Å². The minimum atomic E-state index is 0.268. The number of aromatic hydroxyl groups is 1. The van der Waals surface area contributed by atoms with Gasteiger partial charge in [-0.1, -0.05) is 18.6 Å². The van der Waals surface area contributed by atoms with Gasteiger partial charge in [0.2, 0.25) is 0 Å². The van der Waals surface area contributed by atoms with E-state index >= 15 is 0 Å². The van der Waals surface area contributed by atoms with E-state index in [1.807, 2.05) is 12.1 Å². The first-order chi connectivity index (χ1) is 6.86. The number of phenols is 1. The number of H-pyrrole nitrogens is 1. The summed E-state index contributed by atoms with van der Waals surface area (Å²) in [7, 11) is 0. The molecular formula is C11H12N2O. The lowest BCUT2D eigenvalue weighted by atomic mass is 9.82. The summed E-state index contributed by atoms with van der Waals surface area (Å²) < 4.78 is 0. The fraction of sp³-hybridized carbons (Fsp3) is 0.364. The van der Waals surface area contributed by atoms with Crippen molar-refractivity contribution in [3.05, 3.63) is 23.9 Å². The Kier molecular flexibility index (Phi) is 1.54. The lowest BCUT2D eigenvalue weighted by molar-refractivity contribution is 0.413. The summed E-state index contributed by atoms with van der Waals surface area (Å²) in [4.78, 5) is 0. The SMILES string of the molecule is Oc1cccc2c(C3CCC3)[nH]nc12. The molecule has 0 radical (unpaired) electrons. The molecule has 1 aliphatic carbocycles. The van der Waals surface area contributed by atoms with Crippen LogP contribution in [0.25, 0.3) is 10.9 Å². The van der Waals surface area contributed by atoms with Crippen LogP contribution in [-0.4, -0.2) is 15.3 Å². The molecule has 1 aromatic heterocycles. The third-order valence-corrected chi connectivity index (χ3v) is 3.11. The number of fused-ring (bicyclic) bond motifs is 1. The third kappa shape index (κ3) is 0.953. The molecule has 1 aliphatic rings. The topological polar surface area (TPSA) is 48.9 Å². The Balaban J connectivity index is 2.20. The van der Waals surface area contributed by atoms with Gasteiger partial charge in [-0.15, -0.1) is 0 Å². The maximum absolute atomic E-state index is 9.57. The number of nitrogens with one attached hydrogen (secondary N) is 1. The average molecular weight is 188 g/mol. The van der Waals surface area contributed by atoms with Gasteiger partial charge >= 0.3 is 0 Å². The van der Waals surface area contributed by atoms with Gasteiger partial charge < -0.3 is 5.11 Å². The number of rotatable bonds is 1. The zero-order chi connectivity index (χ0) is 9.54. The van der Waals surface area contributed by atoms with Crippen LogP contribution in [0.2, 0.25) is 0 Å². The van der Waals surface area contributed by atoms with Crippen molar-refractivity contribution in [3.8, 4) is 5.75 Å². The number of para-hydroxylation sites is 1. The van der Waals surface area contributed by atoms with E-state index in [-0.39, 0.29) is 5.75 Å². The molecule has 0 aliphatic heterocycles. The fourth-order valence-electron chi connectivity index (χ4n) is 2.05. The molecule has 3 nitrogen and oxygen atoms in total. The Hall–Kier alpha value is -1.51. The zero-order valence-corrected chi connectivity index (χ0v) is 7.83. The fourth-order valence-corrected chi connectivity index (χ4v) is 2.05. The van der Waals surface area contributed by atoms with Crippen LogP contribution in [0.1, 0.15) is 30.9 Å². The highest BCUT2D eigenvalue weighted by atomic mass is 16.3. The molecule has 0 bridgehead atoms. The summed E-state index contributed by atoms with van der Waals surface area (Å²) in [5.74, 6) is 0.895. The summed E-state index contributed by atoms with van der Waals surface area (Å²) >= 11 is 0. The zero-order valence-electron chi connectivity index (χ0n) is 7.83. The molecule has 0 saturated heterocycles. The molecule has 1 saturated carbocycles. The summed E-state index contributed by atoms with van der Waals surface area (Å²) in [6, 6.07) is 5.56. The van der Waals surface area contributed by atoms with Gasteiger partial charge in [-0.3, -0.25) is 5.10 Å². The molecule has 1 heterocycles. The Bertz CT molecular complexity index is 471. The average Bonchev–Trinajstić information content (AvgIpc) is 2.48. The van der Waals surface area contributed by atoms with Crippen molar-refractivity contribution < 1.29 is 5.11 Å². The molecule has 1 fully saturated rings. The van der Waals surface area contributed by atoms with Gasteiger partial charge in [0.1, 0.15) is 11.3 Å². The maximum Gasteiger partial charge on any atom is 0.143 e. The minimum absolute atomic E-state index is 0.268. The van der Waals surface area contributed by atoms with Crippen molar-refractivity contribution in [2.45, 2.75) is 25.2 Å². The molecule has 0 spiro atoms. The van der Waals surface area contributed by atoms with E-state index in [0.717, 1.165) is 5.39 Å². The lowest BCUT2D eigenvalue weighted by Gasteiger charge is -2.24. The Morgan fingerprint density at radius 1 is 1.36 bits per heavy atom. The van der Waals surface area contributed by atoms with Gasteiger partial charge in [0, 0.05) is 17.0 Å². The van der Waals surface area contributed by atoms with Crippen molar-refractivity contribution in [2.75, 3.05) is 0 Å². The van der Waals surface area contributed by atoms with E-state index in [2.05, 4.69) is 10.2 Å².